The molecule has 1 aromatic heterocycles. The maximum Gasteiger partial charge on any atom is 0.255 e. The Labute approximate surface area is 155 Å². The minimum Gasteiger partial charge on any atom is -0.379 e. The Kier molecular flexibility index (Phi) is 4.40. The zero-order valence-electron chi connectivity index (χ0n) is 14.1. The van der Waals surface area contributed by atoms with E-state index in [-0.39, 0.29) is 17.6 Å². The van der Waals surface area contributed by atoms with Gasteiger partial charge < -0.3 is 11.1 Å². The molecule has 3 N–H and O–H groups in total. The van der Waals surface area contributed by atoms with Gasteiger partial charge in [0.15, 0.2) is 5.17 Å². The van der Waals surface area contributed by atoms with E-state index in [2.05, 4.69) is 15.3 Å². The summed E-state index contributed by atoms with van der Waals surface area (Å²) in [6.45, 7) is 0. The Bertz CT molecular complexity index is 873. The average molecular weight is 370 g/mol. The number of amidine groups is 1. The molecule has 1 amide bonds. The van der Waals surface area contributed by atoms with Crippen molar-refractivity contribution in [3.8, 4) is 0 Å². The molecule has 7 heteroatoms. The number of aromatic nitrogens is 1. The highest BCUT2D eigenvalue weighted by atomic mass is 32.2. The van der Waals surface area contributed by atoms with Crippen LogP contribution in [0, 0.1) is 11.7 Å². The van der Waals surface area contributed by atoms with Crippen molar-refractivity contribution in [1.82, 2.24) is 4.98 Å². The molecule has 1 aliphatic heterocycles. The van der Waals surface area contributed by atoms with Crippen molar-refractivity contribution < 1.29 is 9.18 Å². The summed E-state index contributed by atoms with van der Waals surface area (Å²) in [5.41, 5.74) is 6.93. The van der Waals surface area contributed by atoms with Gasteiger partial charge >= 0.3 is 0 Å². The second kappa shape index (κ2) is 6.72. The van der Waals surface area contributed by atoms with Gasteiger partial charge in [-0.05, 0) is 49.1 Å². The van der Waals surface area contributed by atoms with E-state index >= 15 is 0 Å². The topological polar surface area (TPSA) is 80.4 Å². The summed E-state index contributed by atoms with van der Waals surface area (Å²) in [7, 11) is 0. The Morgan fingerprint density at radius 1 is 1.31 bits per heavy atom. The number of anilines is 1. The molecule has 5 nitrogen and oxygen atoms in total. The van der Waals surface area contributed by atoms with Crippen LogP contribution >= 0.6 is 11.8 Å². The maximum absolute atomic E-state index is 14.7. The van der Waals surface area contributed by atoms with Gasteiger partial charge in [-0.2, -0.15) is 0 Å². The fourth-order valence-electron chi connectivity index (χ4n) is 3.90. The lowest BCUT2D eigenvalue weighted by Crippen LogP contribution is -2.37. The summed E-state index contributed by atoms with van der Waals surface area (Å²) in [6.07, 6.45) is 5.90. The highest BCUT2D eigenvalue weighted by Gasteiger charge is 2.48. The second-order valence-electron chi connectivity index (χ2n) is 6.66. The van der Waals surface area contributed by atoms with Crippen LogP contribution in [-0.2, 0) is 5.54 Å². The number of rotatable bonds is 3. The lowest BCUT2D eigenvalue weighted by atomic mass is 9.81. The quantitative estimate of drug-likeness (QED) is 0.866. The number of halogens is 1. The lowest BCUT2D eigenvalue weighted by Gasteiger charge is -2.36. The molecule has 1 fully saturated rings. The molecule has 2 aromatic rings. The number of pyridine rings is 1. The van der Waals surface area contributed by atoms with Crippen molar-refractivity contribution in [3.05, 3.63) is 59.7 Å². The number of carbonyl (C=O) groups excluding carboxylic acids is 1. The van der Waals surface area contributed by atoms with Crippen molar-refractivity contribution in [2.45, 2.75) is 24.8 Å². The van der Waals surface area contributed by atoms with Crippen LogP contribution in [0.25, 0.3) is 0 Å². The van der Waals surface area contributed by atoms with Crippen molar-refractivity contribution in [3.63, 3.8) is 0 Å². The van der Waals surface area contributed by atoms with E-state index in [9.17, 15) is 9.18 Å². The van der Waals surface area contributed by atoms with E-state index in [1.54, 1.807) is 36.7 Å². The number of nitrogens with zero attached hydrogens (tertiary/aromatic N) is 2. The number of thioether (sulfide) groups is 1. The van der Waals surface area contributed by atoms with Crippen LogP contribution < -0.4 is 11.1 Å². The second-order valence-corrected chi connectivity index (χ2v) is 7.70. The number of nitrogens with two attached hydrogens (primary N) is 1. The third-order valence-corrected chi connectivity index (χ3v) is 6.12. The van der Waals surface area contributed by atoms with Crippen LogP contribution in [0.15, 0.2) is 47.7 Å². The third kappa shape index (κ3) is 2.96. The summed E-state index contributed by atoms with van der Waals surface area (Å²) in [5, 5.41) is 3.34. The van der Waals surface area contributed by atoms with Gasteiger partial charge in [-0.3, -0.25) is 14.8 Å². The number of hydrogen-bond acceptors (Lipinski definition) is 5. The number of hydrogen-bond donors (Lipinski definition) is 2. The predicted octanol–water partition coefficient (Wildman–Crippen LogP) is 3.53. The van der Waals surface area contributed by atoms with E-state index < -0.39 is 5.54 Å². The Morgan fingerprint density at radius 2 is 2.12 bits per heavy atom. The first kappa shape index (κ1) is 17.0. The average Bonchev–Trinajstić information content (AvgIpc) is 3.07. The molecule has 2 atom stereocenters. The normalized spacial score (nSPS) is 24.7. The van der Waals surface area contributed by atoms with Crippen molar-refractivity contribution in [2.24, 2.45) is 16.6 Å². The van der Waals surface area contributed by atoms with Crippen LogP contribution in [0.1, 0.15) is 35.2 Å². The van der Waals surface area contributed by atoms with Crippen LogP contribution in [-0.4, -0.2) is 21.8 Å². The van der Waals surface area contributed by atoms with Gasteiger partial charge in [0.1, 0.15) is 5.82 Å². The number of carbonyl (C=O) groups is 1. The molecular formula is C19H19FN4OS. The van der Waals surface area contributed by atoms with Gasteiger partial charge in [-0.1, -0.05) is 18.2 Å². The van der Waals surface area contributed by atoms with Crippen LogP contribution in [0.2, 0.25) is 0 Å². The lowest BCUT2D eigenvalue weighted by molar-refractivity contribution is 0.102. The first-order chi connectivity index (χ1) is 12.6. The molecule has 1 saturated carbocycles. The molecular weight excluding hydrogens is 351 g/mol. The number of benzene rings is 1. The molecule has 0 spiro atoms. The molecule has 2 heterocycles. The Balaban J connectivity index is 1.69. The van der Waals surface area contributed by atoms with E-state index in [1.807, 2.05) is 0 Å². The summed E-state index contributed by atoms with van der Waals surface area (Å²) in [4.78, 5) is 21.0. The molecule has 0 unspecified atom stereocenters. The summed E-state index contributed by atoms with van der Waals surface area (Å²) in [5.74, 6) is 0.554. The number of amides is 1. The summed E-state index contributed by atoms with van der Waals surface area (Å²) >= 11 is 1.54. The van der Waals surface area contributed by atoms with Gasteiger partial charge in [0.2, 0.25) is 0 Å². The number of fused-ring (bicyclic) bond motifs is 1. The molecule has 2 aliphatic rings. The molecule has 0 saturated heterocycles. The smallest absolute Gasteiger partial charge is 0.255 e. The molecule has 1 aliphatic carbocycles. The number of aliphatic imine (C=N–C) groups is 1. The van der Waals surface area contributed by atoms with E-state index in [4.69, 9.17) is 5.73 Å². The first-order valence-electron chi connectivity index (χ1n) is 8.58. The van der Waals surface area contributed by atoms with Crippen LogP contribution in [0.5, 0.6) is 0 Å². The molecule has 1 aromatic carbocycles. The molecule has 134 valence electrons. The zero-order chi connectivity index (χ0) is 18.1. The van der Waals surface area contributed by atoms with Crippen LogP contribution in [0.4, 0.5) is 10.1 Å². The van der Waals surface area contributed by atoms with Gasteiger partial charge in [0, 0.05) is 35.0 Å². The first-order valence-corrected chi connectivity index (χ1v) is 9.56. The largest absolute Gasteiger partial charge is 0.379 e. The van der Waals surface area contributed by atoms with Crippen molar-refractivity contribution in [1.29, 1.82) is 0 Å². The standard InChI is InChI=1S/C19H19FN4OS/c20-16-4-3-14(23-17(25)12-5-8-22-9-6-12)10-15(16)19-7-1-2-13(19)11-26-18(21)24-19/h3-6,8-10,13H,1-2,7,11H2,(H2,21,24)(H,23,25)/t13-,19-/m0/s1. The molecule has 0 bridgehead atoms. The van der Waals surface area contributed by atoms with Gasteiger partial charge in [-0.15, -0.1) is 0 Å². The maximum atomic E-state index is 14.7. The highest BCUT2D eigenvalue weighted by Crippen LogP contribution is 2.51. The van der Waals surface area contributed by atoms with E-state index in [0.29, 0.717) is 22.0 Å². The number of nitrogens with one attached hydrogen (secondary N) is 1. The Morgan fingerprint density at radius 3 is 2.92 bits per heavy atom. The zero-order valence-corrected chi connectivity index (χ0v) is 14.9. The third-order valence-electron chi connectivity index (χ3n) is 5.16. The molecule has 4 rings (SSSR count). The fourth-order valence-corrected chi connectivity index (χ4v) is 4.94. The van der Waals surface area contributed by atoms with E-state index in [0.717, 1.165) is 25.0 Å². The molecule has 26 heavy (non-hydrogen) atoms. The predicted molar refractivity (Wildman–Crippen MR) is 102 cm³/mol. The van der Waals surface area contributed by atoms with E-state index in [1.165, 1.54) is 17.8 Å². The van der Waals surface area contributed by atoms with Crippen molar-refractivity contribution in [2.75, 3.05) is 11.1 Å². The SMILES string of the molecule is NC1=N[C@@]2(c3cc(NC(=O)c4ccncc4)ccc3F)CCC[C@H]2CS1. The Hall–Kier alpha value is -2.41. The van der Waals surface area contributed by atoms with Gasteiger partial charge in [-0.25, -0.2) is 4.39 Å². The highest BCUT2D eigenvalue weighted by molar-refractivity contribution is 8.13. The fraction of sp³-hybridized carbons (Fsp3) is 0.316. The van der Waals surface area contributed by atoms with Gasteiger partial charge in [0.25, 0.3) is 5.91 Å². The molecule has 0 radical (unpaired) electrons. The monoisotopic (exact) mass is 370 g/mol. The van der Waals surface area contributed by atoms with Crippen LogP contribution in [0.3, 0.4) is 0 Å². The minimum absolute atomic E-state index is 0.257. The van der Waals surface area contributed by atoms with Crippen molar-refractivity contribution >= 4 is 28.5 Å². The minimum atomic E-state index is -0.614. The van der Waals surface area contributed by atoms with Gasteiger partial charge in [0.05, 0.1) is 5.54 Å². The summed E-state index contributed by atoms with van der Waals surface area (Å²) in [6, 6.07) is 7.95. The summed E-state index contributed by atoms with van der Waals surface area (Å²) < 4.78 is 14.7.